The first-order valence-electron chi connectivity index (χ1n) is 9.90. The molecule has 0 bridgehead atoms. The highest BCUT2D eigenvalue weighted by Crippen LogP contribution is 2.31. The lowest BCUT2D eigenvalue weighted by Gasteiger charge is -2.38. The zero-order valence-electron chi connectivity index (χ0n) is 17.6. The van der Waals surface area contributed by atoms with Crippen LogP contribution in [0.15, 0.2) is 24.3 Å². The Labute approximate surface area is 182 Å². The van der Waals surface area contributed by atoms with Crippen LogP contribution in [-0.4, -0.2) is 79.2 Å². The summed E-state index contributed by atoms with van der Waals surface area (Å²) in [7, 11) is 0. The Morgan fingerprint density at radius 1 is 1.28 bits per heavy atom. The fourth-order valence-electron chi connectivity index (χ4n) is 3.58. The van der Waals surface area contributed by atoms with E-state index in [0.717, 1.165) is 12.1 Å². The van der Waals surface area contributed by atoms with Crippen LogP contribution in [0.4, 0.5) is 13.2 Å². The van der Waals surface area contributed by atoms with E-state index < -0.39 is 17.7 Å². The Morgan fingerprint density at radius 3 is 2.62 bits per heavy atom. The summed E-state index contributed by atoms with van der Waals surface area (Å²) in [5.41, 5.74) is -0.0879. The average molecular weight is 452 g/mol. The van der Waals surface area contributed by atoms with Gasteiger partial charge in [-0.1, -0.05) is 6.07 Å². The van der Waals surface area contributed by atoms with E-state index in [1.807, 2.05) is 6.92 Å². The molecule has 1 aromatic heterocycles. The van der Waals surface area contributed by atoms with Crippen LogP contribution in [0.1, 0.15) is 29.4 Å². The molecule has 2 aromatic rings. The van der Waals surface area contributed by atoms with Crippen LogP contribution in [0.2, 0.25) is 0 Å². The minimum Gasteiger partial charge on any atom is -0.480 e. The average Bonchev–Trinajstić information content (AvgIpc) is 3.10. The third kappa shape index (κ3) is 5.90. The number of aromatic nitrogens is 4. The van der Waals surface area contributed by atoms with Gasteiger partial charge >= 0.3 is 12.1 Å². The number of piperazine rings is 1. The lowest BCUT2D eigenvalue weighted by atomic mass is 10.0. The normalized spacial score (nSPS) is 17.8. The van der Waals surface area contributed by atoms with Crippen molar-refractivity contribution in [1.82, 2.24) is 30.0 Å². The summed E-state index contributed by atoms with van der Waals surface area (Å²) in [6.45, 7) is 4.53. The molecule has 32 heavy (non-hydrogen) atoms. The number of aliphatic carboxylic acids is 1. The van der Waals surface area contributed by atoms with Crippen LogP contribution < -0.4 is 0 Å². The fourth-order valence-corrected chi connectivity index (χ4v) is 3.58. The van der Waals surface area contributed by atoms with Gasteiger partial charge < -0.3 is 10.0 Å². The van der Waals surface area contributed by atoms with E-state index >= 15 is 0 Å². The molecule has 0 saturated carbocycles. The first-order valence-corrected chi connectivity index (χ1v) is 9.90. The number of aryl methyl sites for hydroxylation is 1. The molecular weight excluding hydrogens is 429 g/mol. The van der Waals surface area contributed by atoms with Gasteiger partial charge in [0, 0.05) is 31.8 Å². The second-order valence-corrected chi connectivity index (χ2v) is 7.62. The summed E-state index contributed by atoms with van der Waals surface area (Å²) in [6.07, 6.45) is -1.73. The Bertz CT molecular complexity index is 1020. The molecule has 1 atom stereocenters. The third-order valence-corrected chi connectivity index (χ3v) is 5.09. The van der Waals surface area contributed by atoms with Gasteiger partial charge in [0.15, 0.2) is 5.82 Å². The number of hydrogen-bond acceptors (Lipinski definition) is 6. The Hall–Kier alpha value is -3.28. The predicted octanol–water partition coefficient (Wildman–Crippen LogP) is 1.68. The number of amides is 1. The minimum atomic E-state index is -4.51. The molecule has 0 spiro atoms. The van der Waals surface area contributed by atoms with Gasteiger partial charge in [-0.3, -0.25) is 14.5 Å². The van der Waals surface area contributed by atoms with Gasteiger partial charge in [-0.15, -0.1) is 10.2 Å². The molecule has 1 amide bonds. The zero-order chi connectivity index (χ0) is 23.5. The molecule has 0 radical (unpaired) electrons. The molecule has 1 aliphatic rings. The molecule has 1 aromatic carbocycles. The molecule has 1 N–H and O–H groups in total. The number of carbonyl (C=O) groups is 2. The Morgan fingerprint density at radius 2 is 2.03 bits per heavy atom. The number of carboxylic acid groups (broad SMARTS) is 1. The van der Waals surface area contributed by atoms with Crippen molar-refractivity contribution in [2.75, 3.05) is 26.2 Å². The maximum absolute atomic E-state index is 13.2. The van der Waals surface area contributed by atoms with Crippen molar-refractivity contribution in [1.29, 1.82) is 0 Å². The van der Waals surface area contributed by atoms with Gasteiger partial charge in [0.25, 0.3) is 0 Å². The molecule has 172 valence electrons. The van der Waals surface area contributed by atoms with Gasteiger partial charge in [-0.05, 0) is 48.4 Å². The van der Waals surface area contributed by atoms with Crippen molar-refractivity contribution in [3.05, 3.63) is 46.8 Å². The van der Waals surface area contributed by atoms with E-state index in [1.54, 1.807) is 16.7 Å². The van der Waals surface area contributed by atoms with Gasteiger partial charge in [0.05, 0.1) is 18.7 Å². The smallest absolute Gasteiger partial charge is 0.416 e. The molecule has 1 saturated heterocycles. The Kier molecular flexibility index (Phi) is 6.92. The number of carboxylic acids is 1. The van der Waals surface area contributed by atoms with Crippen molar-refractivity contribution in [2.45, 2.75) is 32.6 Å². The second-order valence-electron chi connectivity index (χ2n) is 7.62. The van der Waals surface area contributed by atoms with Crippen LogP contribution in [0.5, 0.6) is 0 Å². The van der Waals surface area contributed by atoms with Crippen LogP contribution in [0.3, 0.4) is 0 Å². The van der Waals surface area contributed by atoms with Gasteiger partial charge in [-0.25, -0.2) is 0 Å². The lowest BCUT2D eigenvalue weighted by Crippen LogP contribution is -2.54. The highest BCUT2D eigenvalue weighted by Gasteiger charge is 2.31. The van der Waals surface area contributed by atoms with Crippen molar-refractivity contribution >= 4 is 18.0 Å². The largest absolute Gasteiger partial charge is 0.480 e. The topological polar surface area (TPSA) is 104 Å². The summed E-state index contributed by atoms with van der Waals surface area (Å²) in [4.78, 5) is 28.1. The monoisotopic (exact) mass is 452 g/mol. The van der Waals surface area contributed by atoms with Crippen molar-refractivity contribution in [2.24, 2.45) is 0 Å². The third-order valence-electron chi connectivity index (χ3n) is 5.09. The number of rotatable bonds is 6. The van der Waals surface area contributed by atoms with Crippen LogP contribution >= 0.6 is 0 Å². The number of carbonyl (C=O) groups excluding carboxylic acids is 1. The van der Waals surface area contributed by atoms with Crippen LogP contribution in [0.25, 0.3) is 6.08 Å². The molecule has 9 nitrogen and oxygen atoms in total. The molecule has 1 aliphatic heterocycles. The van der Waals surface area contributed by atoms with E-state index in [1.165, 1.54) is 23.0 Å². The van der Waals surface area contributed by atoms with Crippen molar-refractivity contribution < 1.29 is 27.9 Å². The van der Waals surface area contributed by atoms with Crippen LogP contribution in [0, 0.1) is 6.92 Å². The van der Waals surface area contributed by atoms with E-state index in [4.69, 9.17) is 5.11 Å². The summed E-state index contributed by atoms with van der Waals surface area (Å²) in [5.74, 6) is -0.836. The SMILES string of the molecule is Cc1nnn(Cc2cc(C(F)(F)F)ccc2/C=C/C(=O)N2CCN(CC(=O)O)CC2C)n1. The quantitative estimate of drug-likeness (QED) is 0.665. The first-order chi connectivity index (χ1) is 15.0. The highest BCUT2D eigenvalue weighted by molar-refractivity contribution is 5.92. The molecule has 1 fully saturated rings. The van der Waals surface area contributed by atoms with E-state index in [-0.39, 0.29) is 25.0 Å². The highest BCUT2D eigenvalue weighted by atomic mass is 19.4. The zero-order valence-corrected chi connectivity index (χ0v) is 17.6. The molecule has 0 aliphatic carbocycles. The minimum absolute atomic E-state index is 0.0388. The maximum atomic E-state index is 13.2. The van der Waals surface area contributed by atoms with E-state index in [2.05, 4.69) is 15.4 Å². The summed E-state index contributed by atoms with van der Waals surface area (Å²) < 4.78 is 39.5. The lowest BCUT2D eigenvalue weighted by molar-refractivity contribution is -0.140. The number of alkyl halides is 3. The Balaban J connectivity index is 1.78. The number of halogens is 3. The number of hydrogen-bond donors (Lipinski definition) is 1. The van der Waals surface area contributed by atoms with E-state index in [0.29, 0.717) is 36.6 Å². The van der Waals surface area contributed by atoms with E-state index in [9.17, 15) is 22.8 Å². The van der Waals surface area contributed by atoms with Gasteiger partial charge in [0.1, 0.15) is 0 Å². The van der Waals surface area contributed by atoms with Gasteiger partial charge in [0.2, 0.25) is 5.91 Å². The maximum Gasteiger partial charge on any atom is 0.416 e. The number of nitrogens with zero attached hydrogens (tertiary/aromatic N) is 6. The van der Waals surface area contributed by atoms with Crippen molar-refractivity contribution in [3.63, 3.8) is 0 Å². The second kappa shape index (κ2) is 9.47. The summed E-state index contributed by atoms with van der Waals surface area (Å²) in [5, 5.41) is 20.5. The standard InChI is InChI=1S/C20H23F3N6O3/c1-13-10-27(12-19(31)32)7-8-28(13)18(30)6-4-15-3-5-17(20(21,22)23)9-16(15)11-29-25-14(2)24-26-29/h3-6,9,13H,7-8,10-12H2,1-2H3,(H,31,32)/b6-4+. The molecular formula is C20H23F3N6O3. The van der Waals surface area contributed by atoms with Gasteiger partial charge in [-0.2, -0.15) is 18.0 Å². The number of benzene rings is 1. The van der Waals surface area contributed by atoms with Crippen LogP contribution in [-0.2, 0) is 22.3 Å². The number of tetrazole rings is 1. The molecule has 3 rings (SSSR count). The van der Waals surface area contributed by atoms with Crippen molar-refractivity contribution in [3.8, 4) is 0 Å². The predicted molar refractivity (Wildman–Crippen MR) is 107 cm³/mol. The molecule has 2 heterocycles. The fraction of sp³-hybridized carbons (Fsp3) is 0.450. The summed E-state index contributed by atoms with van der Waals surface area (Å²) in [6, 6.07) is 3.08. The first kappa shape index (κ1) is 23.4. The molecule has 12 heteroatoms. The summed E-state index contributed by atoms with van der Waals surface area (Å²) >= 11 is 0. The molecule has 1 unspecified atom stereocenters.